The largest absolute Gasteiger partial charge is 0.497 e. The normalized spacial score (nSPS) is 21.9. The third kappa shape index (κ3) is 6.55. The molecule has 4 nitrogen and oxygen atoms in total. The average molecular weight is 423 g/mol. The van der Waals surface area contributed by atoms with Crippen LogP contribution in [0, 0.1) is 5.92 Å². The van der Waals surface area contributed by atoms with Crippen LogP contribution in [0.2, 0.25) is 0 Å². The highest BCUT2D eigenvalue weighted by atomic mass is 16.5. The van der Waals surface area contributed by atoms with Crippen LogP contribution >= 0.6 is 0 Å². The number of piperidine rings is 1. The van der Waals surface area contributed by atoms with Gasteiger partial charge in [-0.2, -0.15) is 0 Å². The van der Waals surface area contributed by atoms with Crippen LogP contribution in [0.4, 0.5) is 0 Å². The summed E-state index contributed by atoms with van der Waals surface area (Å²) in [5.74, 6) is 1.68. The Balaban J connectivity index is 1.15. The number of likely N-dealkylation sites (tertiary alicyclic amines) is 2. The average Bonchev–Trinajstić information content (AvgIpc) is 3.23. The van der Waals surface area contributed by atoms with Gasteiger partial charge < -0.3 is 14.7 Å². The SMILES string of the molecule is COc1cccc(CCCC2(O)CCN(CC3CCN(Cc4ccccc4)C3)CC2)c1. The van der Waals surface area contributed by atoms with Crippen molar-refractivity contribution in [2.24, 2.45) is 5.92 Å². The summed E-state index contributed by atoms with van der Waals surface area (Å²) in [6.07, 6.45) is 6.04. The Morgan fingerprint density at radius 2 is 1.74 bits per heavy atom. The second kappa shape index (κ2) is 10.6. The summed E-state index contributed by atoms with van der Waals surface area (Å²) in [6.45, 7) is 6.74. The van der Waals surface area contributed by atoms with Crippen LogP contribution in [0.5, 0.6) is 5.75 Å². The van der Waals surface area contributed by atoms with Gasteiger partial charge in [-0.25, -0.2) is 0 Å². The molecule has 4 rings (SSSR count). The maximum Gasteiger partial charge on any atom is 0.119 e. The molecular formula is C27H38N2O2. The van der Waals surface area contributed by atoms with Gasteiger partial charge in [0.15, 0.2) is 0 Å². The van der Waals surface area contributed by atoms with Gasteiger partial charge in [0.2, 0.25) is 0 Å². The zero-order valence-corrected chi connectivity index (χ0v) is 19.0. The highest BCUT2D eigenvalue weighted by molar-refractivity contribution is 5.28. The van der Waals surface area contributed by atoms with Gasteiger partial charge in [0.1, 0.15) is 5.75 Å². The molecule has 1 N–H and O–H groups in total. The van der Waals surface area contributed by atoms with Gasteiger partial charge >= 0.3 is 0 Å². The lowest BCUT2D eigenvalue weighted by molar-refractivity contribution is -0.0313. The molecule has 0 amide bonds. The van der Waals surface area contributed by atoms with E-state index in [0.717, 1.165) is 63.4 Å². The van der Waals surface area contributed by atoms with Crippen molar-refractivity contribution in [1.29, 1.82) is 0 Å². The van der Waals surface area contributed by atoms with Crippen LogP contribution in [0.1, 0.15) is 43.2 Å². The molecule has 168 valence electrons. The molecule has 0 aliphatic carbocycles. The predicted molar refractivity (Wildman–Crippen MR) is 126 cm³/mol. The molecule has 0 bridgehead atoms. The third-order valence-corrected chi connectivity index (χ3v) is 7.16. The monoisotopic (exact) mass is 422 g/mol. The van der Waals surface area contributed by atoms with E-state index in [2.05, 4.69) is 52.3 Å². The molecule has 2 aliphatic heterocycles. The second-order valence-corrected chi connectivity index (χ2v) is 9.61. The van der Waals surface area contributed by atoms with E-state index in [-0.39, 0.29) is 0 Å². The summed E-state index contributed by atoms with van der Waals surface area (Å²) >= 11 is 0. The van der Waals surface area contributed by atoms with E-state index in [1.807, 2.05) is 12.1 Å². The molecule has 2 saturated heterocycles. The first-order valence-corrected chi connectivity index (χ1v) is 12.0. The van der Waals surface area contributed by atoms with Gasteiger partial charge in [-0.3, -0.25) is 4.90 Å². The number of ether oxygens (including phenoxy) is 1. The van der Waals surface area contributed by atoms with E-state index in [1.165, 1.54) is 37.2 Å². The zero-order chi connectivity index (χ0) is 21.5. The molecule has 2 fully saturated rings. The van der Waals surface area contributed by atoms with Crippen molar-refractivity contribution in [3.8, 4) is 5.75 Å². The van der Waals surface area contributed by atoms with Crippen molar-refractivity contribution in [2.75, 3.05) is 39.8 Å². The number of hydrogen-bond acceptors (Lipinski definition) is 4. The fraction of sp³-hybridized carbons (Fsp3) is 0.556. The van der Waals surface area contributed by atoms with Gasteiger partial charge in [0.25, 0.3) is 0 Å². The first-order valence-electron chi connectivity index (χ1n) is 12.0. The van der Waals surface area contributed by atoms with Crippen molar-refractivity contribution < 1.29 is 9.84 Å². The molecular weight excluding hydrogens is 384 g/mol. The van der Waals surface area contributed by atoms with E-state index in [0.29, 0.717) is 0 Å². The number of hydrogen-bond donors (Lipinski definition) is 1. The minimum absolute atomic E-state index is 0.482. The maximum absolute atomic E-state index is 11.1. The molecule has 0 aromatic heterocycles. The van der Waals surface area contributed by atoms with Crippen LogP contribution in [0.3, 0.4) is 0 Å². The van der Waals surface area contributed by atoms with Crippen molar-refractivity contribution in [3.63, 3.8) is 0 Å². The maximum atomic E-state index is 11.1. The molecule has 2 aromatic carbocycles. The Hall–Kier alpha value is -1.88. The zero-order valence-electron chi connectivity index (χ0n) is 19.0. The highest BCUT2D eigenvalue weighted by Crippen LogP contribution is 2.29. The van der Waals surface area contributed by atoms with Crippen LogP contribution in [0.25, 0.3) is 0 Å². The molecule has 4 heteroatoms. The Morgan fingerprint density at radius 3 is 2.52 bits per heavy atom. The van der Waals surface area contributed by atoms with Gasteiger partial charge in [0, 0.05) is 32.7 Å². The standard InChI is InChI=1S/C27H38N2O2/c1-31-26-11-5-9-23(19-26)10-6-13-27(30)14-17-28(18-15-27)21-25-12-16-29(22-25)20-24-7-3-2-4-8-24/h2-5,7-9,11,19,25,30H,6,10,12-18,20-22H2,1H3. The van der Waals surface area contributed by atoms with E-state index >= 15 is 0 Å². The molecule has 1 unspecified atom stereocenters. The molecule has 2 aromatic rings. The van der Waals surface area contributed by atoms with Crippen LogP contribution in [-0.4, -0.2) is 60.3 Å². The molecule has 31 heavy (non-hydrogen) atoms. The Morgan fingerprint density at radius 1 is 0.968 bits per heavy atom. The van der Waals surface area contributed by atoms with Gasteiger partial charge in [-0.15, -0.1) is 0 Å². The first-order chi connectivity index (χ1) is 15.1. The van der Waals surface area contributed by atoms with Crippen LogP contribution in [0.15, 0.2) is 54.6 Å². The lowest BCUT2D eigenvalue weighted by Crippen LogP contribution is -2.46. The van der Waals surface area contributed by atoms with Gasteiger partial charge in [-0.05, 0) is 74.2 Å². The molecule has 0 saturated carbocycles. The second-order valence-electron chi connectivity index (χ2n) is 9.61. The molecule has 1 atom stereocenters. The summed E-state index contributed by atoms with van der Waals surface area (Å²) in [7, 11) is 1.71. The van der Waals surface area contributed by atoms with Crippen LogP contribution < -0.4 is 4.74 Å². The fourth-order valence-electron chi connectivity index (χ4n) is 5.26. The summed E-state index contributed by atoms with van der Waals surface area (Å²) in [6, 6.07) is 19.1. The van der Waals surface area contributed by atoms with E-state index in [4.69, 9.17) is 4.74 Å². The number of aryl methyl sites for hydroxylation is 1. The molecule has 0 radical (unpaired) electrons. The van der Waals surface area contributed by atoms with E-state index in [9.17, 15) is 5.11 Å². The van der Waals surface area contributed by atoms with E-state index in [1.54, 1.807) is 7.11 Å². The summed E-state index contributed by atoms with van der Waals surface area (Å²) in [4.78, 5) is 5.19. The van der Waals surface area contributed by atoms with Crippen molar-refractivity contribution in [1.82, 2.24) is 9.80 Å². The van der Waals surface area contributed by atoms with Gasteiger partial charge in [0.05, 0.1) is 12.7 Å². The third-order valence-electron chi connectivity index (χ3n) is 7.16. The number of methoxy groups -OCH3 is 1. The number of benzene rings is 2. The minimum Gasteiger partial charge on any atom is -0.497 e. The van der Waals surface area contributed by atoms with Crippen molar-refractivity contribution >= 4 is 0 Å². The number of rotatable bonds is 9. The van der Waals surface area contributed by atoms with Gasteiger partial charge in [-0.1, -0.05) is 42.5 Å². The van der Waals surface area contributed by atoms with Crippen LogP contribution in [-0.2, 0) is 13.0 Å². The Labute approximate surface area is 187 Å². The topological polar surface area (TPSA) is 35.9 Å². The fourth-order valence-corrected chi connectivity index (χ4v) is 5.26. The van der Waals surface area contributed by atoms with E-state index < -0.39 is 5.60 Å². The lowest BCUT2D eigenvalue weighted by atomic mass is 9.85. The molecule has 2 heterocycles. The molecule has 2 aliphatic rings. The Bertz CT molecular complexity index is 802. The van der Waals surface area contributed by atoms with Crippen molar-refractivity contribution in [3.05, 3.63) is 65.7 Å². The quantitative estimate of drug-likeness (QED) is 0.651. The predicted octanol–water partition coefficient (Wildman–Crippen LogP) is 4.37. The smallest absolute Gasteiger partial charge is 0.119 e. The summed E-state index contributed by atoms with van der Waals surface area (Å²) < 4.78 is 5.32. The highest BCUT2D eigenvalue weighted by Gasteiger charge is 2.33. The Kier molecular flexibility index (Phi) is 7.65. The summed E-state index contributed by atoms with van der Waals surface area (Å²) in [5.41, 5.74) is 2.23. The number of nitrogens with zero attached hydrogens (tertiary/aromatic N) is 2. The lowest BCUT2D eigenvalue weighted by Gasteiger charge is -2.39. The van der Waals surface area contributed by atoms with Crippen molar-refractivity contribution in [2.45, 2.75) is 50.7 Å². The molecule has 0 spiro atoms. The minimum atomic E-state index is -0.482. The first kappa shape index (κ1) is 22.3. The summed E-state index contributed by atoms with van der Waals surface area (Å²) in [5, 5.41) is 11.1. The number of aliphatic hydroxyl groups is 1.